The molecule has 1 aliphatic carbocycles. The molecule has 19 heavy (non-hydrogen) atoms. The number of hydrogen-bond acceptors (Lipinski definition) is 3. The number of nitrogens with one attached hydrogen (secondary N) is 1. The molecule has 3 heteroatoms. The summed E-state index contributed by atoms with van der Waals surface area (Å²) in [5, 5.41) is 3.60. The zero-order valence-electron chi connectivity index (χ0n) is 12.9. The predicted octanol–water partition coefficient (Wildman–Crippen LogP) is 2.51. The minimum Gasteiger partial charge on any atom is -0.381 e. The summed E-state index contributed by atoms with van der Waals surface area (Å²) in [4.78, 5) is 2.57. The molecule has 1 saturated heterocycles. The van der Waals surface area contributed by atoms with Gasteiger partial charge in [-0.1, -0.05) is 13.3 Å². The van der Waals surface area contributed by atoms with Crippen molar-refractivity contribution >= 4 is 0 Å². The Bertz CT molecular complexity index is 233. The molecule has 112 valence electrons. The van der Waals surface area contributed by atoms with Gasteiger partial charge in [0.25, 0.3) is 0 Å². The highest BCUT2D eigenvalue weighted by atomic mass is 16.5. The first-order valence-electron chi connectivity index (χ1n) is 8.28. The minimum absolute atomic E-state index is 0.755. The van der Waals surface area contributed by atoms with Gasteiger partial charge in [0.2, 0.25) is 0 Å². The van der Waals surface area contributed by atoms with Crippen molar-refractivity contribution in [2.24, 2.45) is 11.8 Å². The fourth-order valence-electron chi connectivity index (χ4n) is 3.48. The molecule has 0 spiro atoms. The van der Waals surface area contributed by atoms with Crippen LogP contribution in [0, 0.1) is 11.8 Å². The molecular weight excluding hydrogens is 236 g/mol. The maximum absolute atomic E-state index is 5.40. The van der Waals surface area contributed by atoms with Gasteiger partial charge in [-0.05, 0) is 51.0 Å². The van der Waals surface area contributed by atoms with Crippen LogP contribution < -0.4 is 5.32 Å². The summed E-state index contributed by atoms with van der Waals surface area (Å²) in [6, 6.07) is 0.833. The average molecular weight is 268 g/mol. The highest BCUT2D eigenvalue weighted by Crippen LogP contribution is 2.28. The van der Waals surface area contributed by atoms with Crippen molar-refractivity contribution < 1.29 is 4.74 Å². The van der Waals surface area contributed by atoms with Gasteiger partial charge in [-0.2, -0.15) is 0 Å². The van der Waals surface area contributed by atoms with Gasteiger partial charge in [0.05, 0.1) is 6.61 Å². The van der Waals surface area contributed by atoms with Crippen LogP contribution in [0.5, 0.6) is 0 Å². The van der Waals surface area contributed by atoms with Crippen LogP contribution in [0.4, 0.5) is 0 Å². The summed E-state index contributed by atoms with van der Waals surface area (Å²) in [5.41, 5.74) is 0. The number of rotatable bonds is 7. The van der Waals surface area contributed by atoms with Crippen LogP contribution in [0.25, 0.3) is 0 Å². The van der Waals surface area contributed by atoms with Crippen LogP contribution in [-0.4, -0.2) is 50.8 Å². The van der Waals surface area contributed by atoms with E-state index in [1.807, 2.05) is 0 Å². The Kier molecular flexibility index (Phi) is 6.62. The van der Waals surface area contributed by atoms with Crippen molar-refractivity contribution in [3.05, 3.63) is 0 Å². The Labute approximate surface area is 119 Å². The third kappa shape index (κ3) is 5.05. The van der Waals surface area contributed by atoms with E-state index in [1.54, 1.807) is 0 Å². The fourth-order valence-corrected chi connectivity index (χ4v) is 3.48. The first kappa shape index (κ1) is 15.3. The Balaban J connectivity index is 1.53. The molecular formula is C16H32N2O. The molecule has 1 aliphatic heterocycles. The molecule has 2 rings (SSSR count). The lowest BCUT2D eigenvalue weighted by atomic mass is 9.84. The maximum atomic E-state index is 5.40. The summed E-state index contributed by atoms with van der Waals surface area (Å²) >= 11 is 0. The van der Waals surface area contributed by atoms with Crippen molar-refractivity contribution in [2.75, 3.05) is 39.9 Å². The smallest absolute Gasteiger partial charge is 0.0507 e. The van der Waals surface area contributed by atoms with Crippen LogP contribution in [0.3, 0.4) is 0 Å². The van der Waals surface area contributed by atoms with Crippen molar-refractivity contribution in [3.8, 4) is 0 Å². The van der Waals surface area contributed by atoms with E-state index < -0.39 is 0 Å². The van der Waals surface area contributed by atoms with E-state index >= 15 is 0 Å². The topological polar surface area (TPSA) is 24.5 Å². The van der Waals surface area contributed by atoms with Crippen LogP contribution in [0.2, 0.25) is 0 Å². The van der Waals surface area contributed by atoms with Crippen molar-refractivity contribution in [3.63, 3.8) is 0 Å². The second-order valence-electron chi connectivity index (χ2n) is 6.50. The summed E-state index contributed by atoms with van der Waals surface area (Å²) < 4.78 is 5.40. The van der Waals surface area contributed by atoms with Gasteiger partial charge in [0.15, 0.2) is 0 Å². The van der Waals surface area contributed by atoms with Gasteiger partial charge in [-0.25, -0.2) is 0 Å². The first-order chi connectivity index (χ1) is 9.29. The Morgan fingerprint density at radius 1 is 1.11 bits per heavy atom. The molecule has 0 aromatic heterocycles. The van der Waals surface area contributed by atoms with E-state index in [0.717, 1.165) is 44.2 Å². The quantitative estimate of drug-likeness (QED) is 0.718. The SMILES string of the molecule is CCC1CCC(N(C)CCNCC2CCOC2)CC1. The molecule has 1 unspecified atom stereocenters. The lowest BCUT2D eigenvalue weighted by molar-refractivity contribution is 0.162. The monoisotopic (exact) mass is 268 g/mol. The Morgan fingerprint density at radius 2 is 1.89 bits per heavy atom. The fraction of sp³-hybridized carbons (Fsp3) is 1.00. The lowest BCUT2D eigenvalue weighted by Gasteiger charge is -2.34. The molecule has 0 bridgehead atoms. The van der Waals surface area contributed by atoms with E-state index in [4.69, 9.17) is 4.74 Å². The number of nitrogens with zero attached hydrogens (tertiary/aromatic N) is 1. The highest BCUT2D eigenvalue weighted by molar-refractivity contribution is 4.78. The molecule has 0 radical (unpaired) electrons. The molecule has 0 aromatic carbocycles. The second kappa shape index (κ2) is 8.23. The predicted molar refractivity (Wildman–Crippen MR) is 80.5 cm³/mol. The second-order valence-corrected chi connectivity index (χ2v) is 6.50. The van der Waals surface area contributed by atoms with E-state index in [0.29, 0.717) is 0 Å². The van der Waals surface area contributed by atoms with Gasteiger partial charge in [0, 0.05) is 32.3 Å². The van der Waals surface area contributed by atoms with Crippen LogP contribution >= 0.6 is 0 Å². The van der Waals surface area contributed by atoms with Gasteiger partial charge in [0.1, 0.15) is 0 Å². The molecule has 2 fully saturated rings. The molecule has 0 aromatic rings. The third-order valence-corrected chi connectivity index (χ3v) is 5.12. The Morgan fingerprint density at radius 3 is 2.53 bits per heavy atom. The lowest BCUT2D eigenvalue weighted by Crippen LogP contribution is -2.40. The first-order valence-corrected chi connectivity index (χ1v) is 8.28. The normalized spacial score (nSPS) is 32.1. The number of hydrogen-bond donors (Lipinski definition) is 1. The largest absolute Gasteiger partial charge is 0.381 e. The molecule has 2 aliphatic rings. The van der Waals surface area contributed by atoms with Gasteiger partial charge in [-0.3, -0.25) is 0 Å². The number of likely N-dealkylation sites (N-methyl/N-ethyl adjacent to an activating group) is 1. The Hall–Kier alpha value is -0.120. The number of ether oxygens (including phenoxy) is 1. The zero-order chi connectivity index (χ0) is 13.5. The van der Waals surface area contributed by atoms with Crippen molar-refractivity contribution in [2.45, 2.75) is 51.5 Å². The van der Waals surface area contributed by atoms with E-state index in [-0.39, 0.29) is 0 Å². The summed E-state index contributed by atoms with van der Waals surface area (Å²) in [7, 11) is 2.30. The highest BCUT2D eigenvalue weighted by Gasteiger charge is 2.22. The molecule has 1 atom stereocenters. The van der Waals surface area contributed by atoms with Crippen molar-refractivity contribution in [1.29, 1.82) is 0 Å². The van der Waals surface area contributed by atoms with Gasteiger partial charge in [-0.15, -0.1) is 0 Å². The van der Waals surface area contributed by atoms with Gasteiger partial charge >= 0.3 is 0 Å². The average Bonchev–Trinajstić information content (AvgIpc) is 2.96. The van der Waals surface area contributed by atoms with Crippen molar-refractivity contribution in [1.82, 2.24) is 10.2 Å². The standard InChI is InChI=1S/C16H32N2O/c1-3-14-4-6-16(7-5-14)18(2)10-9-17-12-15-8-11-19-13-15/h14-17H,3-13H2,1-2H3. The third-order valence-electron chi connectivity index (χ3n) is 5.12. The van der Waals surface area contributed by atoms with Crippen LogP contribution in [0.1, 0.15) is 45.4 Å². The minimum atomic E-state index is 0.755. The summed E-state index contributed by atoms with van der Waals surface area (Å²) in [6.07, 6.45) is 8.32. The van der Waals surface area contributed by atoms with Crippen LogP contribution in [-0.2, 0) is 4.74 Å². The maximum Gasteiger partial charge on any atom is 0.0507 e. The molecule has 0 amide bonds. The van der Waals surface area contributed by atoms with E-state index in [2.05, 4.69) is 24.2 Å². The molecule has 1 heterocycles. The van der Waals surface area contributed by atoms with E-state index in [9.17, 15) is 0 Å². The molecule has 1 saturated carbocycles. The summed E-state index contributed by atoms with van der Waals surface area (Å²) in [6.45, 7) is 7.72. The zero-order valence-corrected chi connectivity index (χ0v) is 12.9. The molecule has 3 nitrogen and oxygen atoms in total. The molecule has 1 N–H and O–H groups in total. The van der Waals surface area contributed by atoms with Crippen LogP contribution in [0.15, 0.2) is 0 Å². The van der Waals surface area contributed by atoms with Gasteiger partial charge < -0.3 is 15.0 Å². The summed E-state index contributed by atoms with van der Waals surface area (Å²) in [5.74, 6) is 1.76. The van der Waals surface area contributed by atoms with E-state index in [1.165, 1.54) is 45.1 Å².